The highest BCUT2D eigenvalue weighted by Gasteiger charge is 2.33. The van der Waals surface area contributed by atoms with Crippen molar-refractivity contribution in [3.8, 4) is 0 Å². The van der Waals surface area contributed by atoms with Crippen LogP contribution >= 0.6 is 0 Å². The van der Waals surface area contributed by atoms with Gasteiger partial charge in [-0.25, -0.2) is 0 Å². The fraction of sp³-hybridized carbons (Fsp3) is 0.429. The maximum Gasteiger partial charge on any atom is 0.416 e. The fourth-order valence-electron chi connectivity index (χ4n) is 2.46. The van der Waals surface area contributed by atoms with Gasteiger partial charge in [0.05, 0.1) is 12.0 Å². The van der Waals surface area contributed by atoms with Crippen LogP contribution in [0.4, 0.5) is 13.2 Å². The van der Waals surface area contributed by atoms with Crippen molar-refractivity contribution < 1.29 is 22.8 Å². The van der Waals surface area contributed by atoms with E-state index in [9.17, 15) is 22.8 Å². The molecule has 2 nitrogen and oxygen atoms in total. The zero-order valence-corrected chi connectivity index (χ0v) is 11.0. The smallest absolute Gasteiger partial charge is 0.299 e. The van der Waals surface area contributed by atoms with Crippen molar-refractivity contribution in [3.05, 3.63) is 29.3 Å². The van der Waals surface area contributed by atoms with Gasteiger partial charge in [0.25, 0.3) is 0 Å². The lowest BCUT2D eigenvalue weighted by molar-refractivity contribution is -0.137. The van der Waals surface area contributed by atoms with Crippen molar-refractivity contribution in [2.45, 2.75) is 38.2 Å². The van der Waals surface area contributed by atoms with Crippen LogP contribution in [0.15, 0.2) is 18.2 Å². The number of benzene rings is 1. The van der Waals surface area contributed by atoms with Crippen LogP contribution in [-0.2, 0) is 15.8 Å². The van der Waals surface area contributed by atoms with E-state index in [1.54, 1.807) is 20.2 Å². The molecule has 1 aliphatic carbocycles. The minimum atomic E-state index is -4.43. The van der Waals surface area contributed by atoms with Gasteiger partial charge in [-0.2, -0.15) is 13.2 Å². The van der Waals surface area contributed by atoms with Gasteiger partial charge >= 0.3 is 6.18 Å². The molecule has 0 spiro atoms. The van der Waals surface area contributed by atoms with Crippen molar-refractivity contribution in [3.63, 3.8) is 0 Å². The van der Waals surface area contributed by atoms with E-state index in [2.05, 4.69) is 0 Å². The molecule has 1 saturated carbocycles. The molecule has 105 valence electrons. The van der Waals surface area contributed by atoms with Crippen LogP contribution in [-0.4, -0.2) is 18.8 Å². The molecule has 0 atom stereocenters. The topological polar surface area (TPSA) is 34.1 Å². The zero-order chi connectivity index (χ0) is 14.9. The van der Waals surface area contributed by atoms with Gasteiger partial charge < -0.3 is 0 Å². The highest BCUT2D eigenvalue weighted by molar-refractivity contribution is 6.52. The molecule has 0 aromatic heterocycles. The van der Waals surface area contributed by atoms with Gasteiger partial charge in [-0.05, 0) is 17.5 Å². The van der Waals surface area contributed by atoms with E-state index in [0.29, 0.717) is 11.0 Å². The van der Waals surface area contributed by atoms with Gasteiger partial charge in [0, 0.05) is 12.8 Å². The summed E-state index contributed by atoms with van der Waals surface area (Å²) in [6, 6.07) is 3.73. The van der Waals surface area contributed by atoms with E-state index >= 15 is 0 Å². The highest BCUT2D eigenvalue weighted by Crippen LogP contribution is 2.34. The van der Waals surface area contributed by atoms with E-state index in [4.69, 9.17) is 0 Å². The molecule has 2 rings (SSSR count). The minimum absolute atomic E-state index is 0.0950. The van der Waals surface area contributed by atoms with Crippen molar-refractivity contribution in [2.24, 2.45) is 0 Å². The van der Waals surface area contributed by atoms with Crippen molar-refractivity contribution >= 4 is 24.3 Å². The third kappa shape index (κ3) is 3.29. The minimum Gasteiger partial charge on any atom is -0.299 e. The van der Waals surface area contributed by atoms with Crippen LogP contribution in [0.5, 0.6) is 0 Å². The van der Waals surface area contributed by atoms with Crippen LogP contribution < -0.4 is 5.46 Å². The van der Waals surface area contributed by atoms with Gasteiger partial charge in [0.1, 0.15) is 18.8 Å². The van der Waals surface area contributed by atoms with Crippen LogP contribution in [0.2, 0.25) is 6.82 Å². The molecule has 0 amide bonds. The molecule has 20 heavy (non-hydrogen) atoms. The van der Waals surface area contributed by atoms with Gasteiger partial charge in [-0.15, -0.1) is 0 Å². The quantitative estimate of drug-likeness (QED) is 0.616. The second-order valence-corrected chi connectivity index (χ2v) is 5.03. The molecule has 1 aromatic carbocycles. The van der Waals surface area contributed by atoms with Gasteiger partial charge in [0.2, 0.25) is 0 Å². The molecule has 1 aliphatic rings. The van der Waals surface area contributed by atoms with Gasteiger partial charge in [-0.3, -0.25) is 9.59 Å². The predicted octanol–water partition coefficient (Wildman–Crippen LogP) is 2.49. The molecule has 0 saturated heterocycles. The Morgan fingerprint density at radius 1 is 1.10 bits per heavy atom. The Kier molecular flexibility index (Phi) is 4.02. The first-order chi connectivity index (χ1) is 9.29. The van der Waals surface area contributed by atoms with Crippen LogP contribution in [0.3, 0.4) is 0 Å². The van der Waals surface area contributed by atoms with Crippen molar-refractivity contribution in [2.75, 3.05) is 0 Å². The zero-order valence-electron chi connectivity index (χ0n) is 11.0. The average Bonchev–Trinajstić information content (AvgIpc) is 2.36. The summed E-state index contributed by atoms with van der Waals surface area (Å²) in [6.45, 7) is 1.65. The number of hydrogen-bond acceptors (Lipinski definition) is 2. The molecule has 1 radical (unpaired) electrons. The third-order valence-corrected chi connectivity index (χ3v) is 3.45. The monoisotopic (exact) mass is 281 g/mol. The number of ketones is 2. The number of alkyl halides is 3. The van der Waals surface area contributed by atoms with E-state index in [1.807, 2.05) is 0 Å². The lowest BCUT2D eigenvalue weighted by atomic mass is 9.70. The largest absolute Gasteiger partial charge is 0.416 e. The molecule has 6 heteroatoms. The Bertz CT molecular complexity index is 536. The van der Waals surface area contributed by atoms with Crippen LogP contribution in [0, 0.1) is 0 Å². The van der Waals surface area contributed by atoms with E-state index < -0.39 is 17.7 Å². The number of carbonyl (C=O) groups is 2. The molecule has 1 aromatic rings. The van der Waals surface area contributed by atoms with E-state index in [0.717, 1.165) is 12.1 Å². The summed E-state index contributed by atoms with van der Waals surface area (Å²) in [5.74, 6) is -0.846. The molecule has 0 unspecified atom stereocenters. The summed E-state index contributed by atoms with van der Waals surface area (Å²) < 4.78 is 38.6. The lowest BCUT2D eigenvalue weighted by Crippen LogP contribution is -2.24. The third-order valence-electron chi connectivity index (χ3n) is 3.45. The Balaban J connectivity index is 2.40. The normalized spacial score (nSPS) is 17.4. The van der Waals surface area contributed by atoms with Gasteiger partial charge in [0.15, 0.2) is 0 Å². The highest BCUT2D eigenvalue weighted by atomic mass is 19.4. The van der Waals surface area contributed by atoms with Crippen molar-refractivity contribution in [1.82, 2.24) is 0 Å². The molecule has 0 aliphatic heterocycles. The summed E-state index contributed by atoms with van der Waals surface area (Å²) in [7, 11) is 1.57. The first-order valence-corrected chi connectivity index (χ1v) is 6.34. The molecular formula is C14H13BF3O2. The van der Waals surface area contributed by atoms with Crippen LogP contribution in [0.25, 0.3) is 0 Å². The molecular weight excluding hydrogens is 268 g/mol. The second-order valence-electron chi connectivity index (χ2n) is 5.03. The molecule has 1 fully saturated rings. The summed E-state index contributed by atoms with van der Waals surface area (Å²) in [4.78, 5) is 22.9. The Hall–Kier alpha value is -1.59. The Morgan fingerprint density at radius 2 is 1.70 bits per heavy atom. The summed E-state index contributed by atoms with van der Waals surface area (Å²) in [5.41, 5.74) is 0.114. The number of hydrogen-bond donors (Lipinski definition) is 0. The fourth-order valence-corrected chi connectivity index (χ4v) is 2.46. The van der Waals surface area contributed by atoms with Crippen LogP contribution in [0.1, 0.15) is 36.3 Å². The number of rotatable bonds is 2. The summed E-state index contributed by atoms with van der Waals surface area (Å²) >= 11 is 0. The second kappa shape index (κ2) is 5.42. The number of carbonyl (C=O) groups excluding carboxylic acids is 2. The average molecular weight is 281 g/mol. The molecule has 0 heterocycles. The maximum absolute atomic E-state index is 12.9. The summed E-state index contributed by atoms with van der Waals surface area (Å²) in [6.07, 6.45) is -4.26. The van der Waals surface area contributed by atoms with Gasteiger partial charge in [-0.1, -0.05) is 24.4 Å². The predicted molar refractivity (Wildman–Crippen MR) is 69.3 cm³/mol. The maximum atomic E-state index is 12.9. The van der Waals surface area contributed by atoms with E-state index in [1.165, 1.54) is 0 Å². The molecule has 0 N–H and O–H groups in total. The summed E-state index contributed by atoms with van der Waals surface area (Å²) in [5, 5.41) is 0. The SMILES string of the molecule is C[B]c1cc(C2CC(=O)CC(=O)C2)cc(C(F)(F)F)c1. The Morgan fingerprint density at radius 3 is 2.20 bits per heavy atom. The van der Waals surface area contributed by atoms with Crippen molar-refractivity contribution in [1.29, 1.82) is 0 Å². The standard InChI is InChI=1S/C14H13BF3O2/c1-15-11-3-8(2-10(6-11)14(16,17)18)9-4-12(19)7-13(20)5-9/h2-3,6,9H,4-5,7H2,1H3. The number of Topliss-reactive ketones (excluding diaryl/α,β-unsaturated/α-hetero) is 2. The lowest BCUT2D eigenvalue weighted by Gasteiger charge is -2.22. The Labute approximate surface area is 115 Å². The number of halogens is 3. The first kappa shape index (κ1) is 14.8. The first-order valence-electron chi connectivity index (χ1n) is 6.34. The van der Waals surface area contributed by atoms with E-state index in [-0.39, 0.29) is 30.8 Å². The molecule has 0 bridgehead atoms.